The van der Waals surface area contributed by atoms with Crippen molar-refractivity contribution >= 4 is 59.7 Å². The fraction of sp³-hybridized carbons (Fsp3) is 0.444. The number of nitrogens with two attached hydrogens (primary N) is 1. The van der Waals surface area contributed by atoms with Gasteiger partial charge in [-0.25, -0.2) is 14.8 Å². The standard InChI is InChI=1S/C12H11ClN4O2S.C6H16OSi/c1-2-19-12(18)11(20)17-9(14)6-5-16-10-8(6)7(13)3-4-15-10;1-7-5-6-8(2,3)4/h3-5H,2H2,1H3,(H,15,16)(H2,14,17,20);5-6H2,1-4H3. The van der Waals surface area contributed by atoms with Crippen molar-refractivity contribution < 1.29 is 14.3 Å². The van der Waals surface area contributed by atoms with Crippen LogP contribution in [0.15, 0.2) is 23.5 Å². The minimum Gasteiger partial charge on any atom is -0.461 e. The third-order valence-corrected chi connectivity index (χ3v) is 5.80. The Morgan fingerprint density at radius 1 is 1.43 bits per heavy atom. The number of hydrogen-bond donors (Lipinski definition) is 2. The summed E-state index contributed by atoms with van der Waals surface area (Å²) < 4.78 is 9.70. The SMILES string of the molecule is CCOC(=O)C(=S)N=C(N)c1c[nH]c2nccc(Cl)c12.COCC[Si](C)(C)C. The molecule has 2 heterocycles. The highest BCUT2D eigenvalue weighted by molar-refractivity contribution is 7.82. The van der Waals surface area contributed by atoms with Gasteiger partial charge < -0.3 is 20.2 Å². The summed E-state index contributed by atoms with van der Waals surface area (Å²) in [6, 6.07) is 2.92. The molecule has 3 N–H and O–H groups in total. The molecule has 0 aliphatic carbocycles. The molecule has 0 bridgehead atoms. The van der Waals surface area contributed by atoms with Crippen LogP contribution in [0, 0.1) is 0 Å². The topological polar surface area (TPSA) is 103 Å². The molecule has 0 atom stereocenters. The fourth-order valence-corrected chi connectivity index (χ4v) is 3.26. The van der Waals surface area contributed by atoms with E-state index < -0.39 is 14.0 Å². The number of pyridine rings is 1. The van der Waals surface area contributed by atoms with E-state index in [-0.39, 0.29) is 17.4 Å². The number of aromatic nitrogens is 2. The summed E-state index contributed by atoms with van der Waals surface area (Å²) in [5.74, 6) is -0.612. The number of nitrogens with zero attached hydrogens (tertiary/aromatic N) is 2. The number of aromatic amines is 1. The number of nitrogens with one attached hydrogen (secondary N) is 1. The molecule has 0 amide bonds. The Balaban J connectivity index is 0.000000416. The molecule has 0 aliphatic rings. The lowest BCUT2D eigenvalue weighted by Crippen LogP contribution is -2.21. The quantitative estimate of drug-likeness (QED) is 0.240. The molecule has 0 aliphatic heterocycles. The highest BCUT2D eigenvalue weighted by atomic mass is 35.5. The molecule has 2 aromatic heterocycles. The molecule has 28 heavy (non-hydrogen) atoms. The average molecular weight is 443 g/mol. The predicted octanol–water partition coefficient (Wildman–Crippen LogP) is 3.78. The maximum Gasteiger partial charge on any atom is 0.368 e. The van der Waals surface area contributed by atoms with Crippen molar-refractivity contribution in [1.29, 1.82) is 0 Å². The van der Waals surface area contributed by atoms with Crippen molar-refractivity contribution in [2.75, 3.05) is 20.3 Å². The van der Waals surface area contributed by atoms with E-state index in [1.807, 2.05) is 0 Å². The van der Waals surface area contributed by atoms with Gasteiger partial charge in [0.2, 0.25) is 4.99 Å². The second-order valence-corrected chi connectivity index (χ2v) is 13.5. The highest BCUT2D eigenvalue weighted by Crippen LogP contribution is 2.24. The molecular weight excluding hydrogens is 416 g/mol. The van der Waals surface area contributed by atoms with Crippen LogP contribution in [0.1, 0.15) is 12.5 Å². The first-order chi connectivity index (χ1) is 13.1. The van der Waals surface area contributed by atoms with Crippen LogP contribution in [-0.4, -0.2) is 55.2 Å². The Morgan fingerprint density at radius 3 is 2.64 bits per heavy atom. The average Bonchev–Trinajstić information content (AvgIpc) is 3.05. The molecule has 154 valence electrons. The van der Waals surface area contributed by atoms with Crippen LogP contribution in [0.3, 0.4) is 0 Å². The number of aliphatic imine (C=N–C) groups is 1. The molecule has 7 nitrogen and oxygen atoms in total. The second-order valence-electron chi connectivity index (χ2n) is 7.04. The number of amidine groups is 1. The number of rotatable bonds is 5. The number of carbonyl (C=O) groups excluding carboxylic acids is 1. The van der Waals surface area contributed by atoms with Gasteiger partial charge in [-0.05, 0) is 19.0 Å². The van der Waals surface area contributed by atoms with E-state index in [4.69, 9.17) is 39.0 Å². The number of thiocarbonyl (C=S) groups is 1. The first kappa shape index (κ1) is 24.2. The normalized spacial score (nSPS) is 11.7. The molecule has 0 unspecified atom stereocenters. The summed E-state index contributed by atoms with van der Waals surface area (Å²) in [7, 11) is 0.961. The van der Waals surface area contributed by atoms with Crippen molar-refractivity contribution in [3.63, 3.8) is 0 Å². The maximum absolute atomic E-state index is 11.4. The number of fused-ring (bicyclic) bond motifs is 1. The minimum absolute atomic E-state index is 0.0733. The molecule has 0 spiro atoms. The minimum atomic E-state index is -0.803. The van der Waals surface area contributed by atoms with Gasteiger partial charge in [0.15, 0.2) is 0 Å². The number of H-pyrrole nitrogens is 1. The van der Waals surface area contributed by atoms with Gasteiger partial charge in [0, 0.05) is 45.1 Å². The third kappa shape index (κ3) is 7.67. The lowest BCUT2D eigenvalue weighted by atomic mass is 10.2. The van der Waals surface area contributed by atoms with Gasteiger partial charge in [0.25, 0.3) is 0 Å². The summed E-state index contributed by atoms with van der Waals surface area (Å²) in [5, 5.41) is 1.11. The van der Waals surface area contributed by atoms with Gasteiger partial charge in [0.05, 0.1) is 11.6 Å². The Morgan fingerprint density at radius 2 is 2.11 bits per heavy atom. The Bertz CT molecular complexity index is 849. The van der Waals surface area contributed by atoms with Gasteiger partial charge >= 0.3 is 5.97 Å². The van der Waals surface area contributed by atoms with Crippen molar-refractivity contribution in [2.45, 2.75) is 32.6 Å². The summed E-state index contributed by atoms with van der Waals surface area (Å²) in [6.45, 7) is 9.90. The van der Waals surface area contributed by atoms with E-state index in [9.17, 15) is 4.79 Å². The predicted molar refractivity (Wildman–Crippen MR) is 121 cm³/mol. The summed E-state index contributed by atoms with van der Waals surface area (Å²) in [5.41, 5.74) is 6.97. The van der Waals surface area contributed by atoms with E-state index in [0.29, 0.717) is 21.6 Å². The van der Waals surface area contributed by atoms with Crippen LogP contribution in [0.4, 0.5) is 0 Å². The first-order valence-corrected chi connectivity index (χ1v) is 13.3. The zero-order chi connectivity index (χ0) is 21.3. The van der Waals surface area contributed by atoms with Gasteiger partial charge in [-0.2, -0.15) is 0 Å². The van der Waals surface area contributed by atoms with Crippen molar-refractivity contribution in [1.82, 2.24) is 9.97 Å². The zero-order valence-electron chi connectivity index (χ0n) is 16.8. The number of hydrogen-bond acceptors (Lipinski definition) is 5. The van der Waals surface area contributed by atoms with E-state index in [2.05, 4.69) is 34.6 Å². The number of halogens is 1. The van der Waals surface area contributed by atoms with Crippen LogP contribution in [0.5, 0.6) is 0 Å². The lowest BCUT2D eigenvalue weighted by molar-refractivity contribution is -0.134. The van der Waals surface area contributed by atoms with E-state index in [1.165, 1.54) is 6.04 Å². The van der Waals surface area contributed by atoms with E-state index >= 15 is 0 Å². The molecule has 0 saturated carbocycles. The number of methoxy groups -OCH3 is 1. The molecular formula is C18H27ClN4O3SSi. The van der Waals surface area contributed by atoms with E-state index in [0.717, 1.165) is 6.61 Å². The number of carbonyl (C=O) groups is 1. The first-order valence-electron chi connectivity index (χ1n) is 8.76. The maximum atomic E-state index is 11.4. The number of ether oxygens (including phenoxy) is 2. The smallest absolute Gasteiger partial charge is 0.368 e. The van der Waals surface area contributed by atoms with Crippen molar-refractivity contribution in [3.05, 3.63) is 29.0 Å². The largest absolute Gasteiger partial charge is 0.461 e. The van der Waals surface area contributed by atoms with Crippen molar-refractivity contribution in [2.24, 2.45) is 10.7 Å². The van der Waals surface area contributed by atoms with Crippen LogP contribution in [0.25, 0.3) is 11.0 Å². The van der Waals surface area contributed by atoms with E-state index in [1.54, 1.807) is 32.5 Å². The fourth-order valence-electron chi connectivity index (χ4n) is 2.03. The van der Waals surface area contributed by atoms with Gasteiger partial charge in [-0.1, -0.05) is 43.5 Å². The number of esters is 1. The van der Waals surface area contributed by atoms with Gasteiger partial charge in [-0.3, -0.25) is 0 Å². The summed E-state index contributed by atoms with van der Waals surface area (Å²) in [4.78, 5) is 22.1. The molecule has 0 fully saturated rings. The van der Waals surface area contributed by atoms with Crippen LogP contribution >= 0.6 is 23.8 Å². The zero-order valence-corrected chi connectivity index (χ0v) is 19.4. The summed E-state index contributed by atoms with van der Waals surface area (Å²) >= 11 is 10.9. The van der Waals surface area contributed by atoms with Crippen molar-refractivity contribution in [3.8, 4) is 0 Å². The summed E-state index contributed by atoms with van der Waals surface area (Å²) in [6.07, 6.45) is 3.18. The molecule has 0 radical (unpaired) electrons. The lowest BCUT2D eigenvalue weighted by Gasteiger charge is -2.13. The van der Waals surface area contributed by atoms with Crippen LogP contribution < -0.4 is 5.73 Å². The van der Waals surface area contributed by atoms with Crippen LogP contribution in [-0.2, 0) is 14.3 Å². The highest BCUT2D eigenvalue weighted by Gasteiger charge is 2.15. The molecule has 10 heteroatoms. The molecule has 0 saturated heterocycles. The monoisotopic (exact) mass is 442 g/mol. The van der Waals surface area contributed by atoms with Crippen LogP contribution in [0.2, 0.25) is 30.7 Å². The van der Waals surface area contributed by atoms with Gasteiger partial charge in [-0.15, -0.1) is 0 Å². The molecule has 0 aromatic carbocycles. The Labute approximate surface area is 176 Å². The molecule has 2 rings (SSSR count). The molecule has 2 aromatic rings. The third-order valence-electron chi connectivity index (χ3n) is 3.53. The Kier molecular flexibility index (Phi) is 9.74. The van der Waals surface area contributed by atoms with Gasteiger partial charge in [0.1, 0.15) is 11.5 Å². The second kappa shape index (κ2) is 11.3. The Hall–Kier alpha value is -1.81.